The predicted octanol–water partition coefficient (Wildman–Crippen LogP) is 1.59. The smallest absolute Gasteiger partial charge is 0.319 e. The summed E-state index contributed by atoms with van der Waals surface area (Å²) in [4.78, 5) is 11.6. The summed E-state index contributed by atoms with van der Waals surface area (Å²) in [7, 11) is 0. The number of anilines is 1. The van der Waals surface area contributed by atoms with Crippen molar-refractivity contribution >= 4 is 11.7 Å². The number of rotatable bonds is 3. The first-order valence-electron chi connectivity index (χ1n) is 5.89. The molecule has 0 unspecified atom stereocenters. The molecule has 0 aliphatic heterocycles. The molecule has 1 fully saturated rings. The van der Waals surface area contributed by atoms with Gasteiger partial charge in [-0.25, -0.2) is 4.79 Å². The number of nitriles is 1. The summed E-state index contributed by atoms with van der Waals surface area (Å²) < 4.78 is 0. The fraction of sp³-hybridized carbons (Fsp3) is 0.385. The molecule has 1 aromatic rings. The Morgan fingerprint density at radius 1 is 1.50 bits per heavy atom. The number of carbonyl (C=O) groups is 1. The average Bonchev–Trinajstić information content (AvgIpc) is 2.34. The van der Waals surface area contributed by atoms with Crippen LogP contribution in [-0.4, -0.2) is 23.3 Å². The molecule has 1 aliphatic rings. The largest absolute Gasteiger partial charge is 0.388 e. The van der Waals surface area contributed by atoms with E-state index in [4.69, 9.17) is 5.26 Å². The number of carbonyl (C=O) groups excluding carboxylic acids is 1. The van der Waals surface area contributed by atoms with E-state index >= 15 is 0 Å². The van der Waals surface area contributed by atoms with E-state index in [-0.39, 0.29) is 12.6 Å². The van der Waals surface area contributed by atoms with Crippen LogP contribution in [0, 0.1) is 11.3 Å². The Kier molecular flexibility index (Phi) is 3.49. The molecular weight excluding hydrogens is 230 g/mol. The second-order valence-corrected chi connectivity index (χ2v) is 4.58. The van der Waals surface area contributed by atoms with Crippen molar-refractivity contribution in [3.8, 4) is 6.07 Å². The van der Waals surface area contributed by atoms with Crippen molar-refractivity contribution in [3.63, 3.8) is 0 Å². The van der Waals surface area contributed by atoms with Crippen molar-refractivity contribution in [2.45, 2.75) is 24.9 Å². The van der Waals surface area contributed by atoms with Crippen LogP contribution in [0.2, 0.25) is 0 Å². The zero-order chi connectivity index (χ0) is 13.0. The minimum atomic E-state index is -0.730. The van der Waals surface area contributed by atoms with Gasteiger partial charge in [-0.3, -0.25) is 0 Å². The summed E-state index contributed by atoms with van der Waals surface area (Å²) in [5.41, 5.74) is 0.323. The first kappa shape index (κ1) is 12.4. The molecule has 2 amide bonds. The van der Waals surface area contributed by atoms with Gasteiger partial charge in [0.05, 0.1) is 17.2 Å². The minimum absolute atomic E-state index is 0.261. The highest BCUT2D eigenvalue weighted by atomic mass is 16.3. The predicted molar refractivity (Wildman–Crippen MR) is 67.0 cm³/mol. The van der Waals surface area contributed by atoms with Gasteiger partial charge in [-0.1, -0.05) is 6.07 Å². The second kappa shape index (κ2) is 5.07. The minimum Gasteiger partial charge on any atom is -0.388 e. The molecular formula is C13H15N3O2. The monoisotopic (exact) mass is 245 g/mol. The van der Waals surface area contributed by atoms with E-state index in [1.165, 1.54) is 0 Å². The number of benzene rings is 1. The summed E-state index contributed by atoms with van der Waals surface area (Å²) in [6.45, 7) is 0.261. The van der Waals surface area contributed by atoms with E-state index in [1.807, 2.05) is 6.07 Å². The molecule has 0 saturated heterocycles. The molecule has 5 heteroatoms. The summed E-state index contributed by atoms with van der Waals surface area (Å²) in [6.07, 6.45) is 2.47. The molecule has 0 spiro atoms. The zero-order valence-corrected chi connectivity index (χ0v) is 9.94. The summed E-state index contributed by atoms with van der Waals surface area (Å²) in [6, 6.07) is 8.30. The van der Waals surface area contributed by atoms with Gasteiger partial charge in [-0.15, -0.1) is 0 Å². The number of aliphatic hydroxyl groups is 1. The summed E-state index contributed by atoms with van der Waals surface area (Å²) in [5.74, 6) is 0. The number of nitrogens with one attached hydrogen (secondary N) is 2. The lowest BCUT2D eigenvalue weighted by atomic mass is 9.80. The highest BCUT2D eigenvalue weighted by Gasteiger charge is 2.34. The van der Waals surface area contributed by atoms with Crippen LogP contribution >= 0.6 is 0 Å². The van der Waals surface area contributed by atoms with Crippen LogP contribution in [0.1, 0.15) is 24.8 Å². The number of nitrogens with zero attached hydrogens (tertiary/aromatic N) is 1. The third-order valence-electron chi connectivity index (χ3n) is 3.11. The third-order valence-corrected chi connectivity index (χ3v) is 3.11. The lowest BCUT2D eigenvalue weighted by Gasteiger charge is -2.36. The van der Waals surface area contributed by atoms with Crippen molar-refractivity contribution in [2.24, 2.45) is 0 Å². The van der Waals surface area contributed by atoms with Crippen LogP contribution in [0.3, 0.4) is 0 Å². The van der Waals surface area contributed by atoms with Crippen LogP contribution in [0.25, 0.3) is 0 Å². The van der Waals surface area contributed by atoms with Gasteiger partial charge >= 0.3 is 6.03 Å². The van der Waals surface area contributed by atoms with Gasteiger partial charge in [0.15, 0.2) is 0 Å². The average molecular weight is 245 g/mol. The summed E-state index contributed by atoms with van der Waals surface area (Å²) >= 11 is 0. The molecule has 2 rings (SSSR count). The van der Waals surface area contributed by atoms with E-state index in [1.54, 1.807) is 24.3 Å². The van der Waals surface area contributed by atoms with Crippen LogP contribution in [0.15, 0.2) is 24.3 Å². The van der Waals surface area contributed by atoms with E-state index in [0.29, 0.717) is 11.3 Å². The SMILES string of the molecule is N#Cc1cccc(NC(=O)NCC2(O)CCC2)c1. The van der Waals surface area contributed by atoms with E-state index < -0.39 is 5.60 Å². The maximum absolute atomic E-state index is 11.6. The Hall–Kier alpha value is -2.06. The van der Waals surface area contributed by atoms with Gasteiger partial charge in [0.1, 0.15) is 0 Å². The molecule has 5 nitrogen and oxygen atoms in total. The third kappa shape index (κ3) is 2.99. The summed E-state index contributed by atoms with van der Waals surface area (Å²) in [5, 5.41) is 23.8. The standard InChI is InChI=1S/C13H15N3O2/c14-8-10-3-1-4-11(7-10)16-12(17)15-9-13(18)5-2-6-13/h1,3-4,7,18H,2,5-6,9H2,(H2,15,16,17). The maximum Gasteiger partial charge on any atom is 0.319 e. The molecule has 0 heterocycles. The van der Waals surface area contributed by atoms with E-state index in [9.17, 15) is 9.90 Å². The maximum atomic E-state index is 11.6. The highest BCUT2D eigenvalue weighted by Crippen LogP contribution is 2.30. The molecule has 0 bridgehead atoms. The molecule has 1 aromatic carbocycles. The van der Waals surface area contributed by atoms with Crippen LogP contribution < -0.4 is 10.6 Å². The van der Waals surface area contributed by atoms with Crippen LogP contribution in [-0.2, 0) is 0 Å². The quantitative estimate of drug-likeness (QED) is 0.756. The zero-order valence-electron chi connectivity index (χ0n) is 9.94. The second-order valence-electron chi connectivity index (χ2n) is 4.58. The number of hydrogen-bond acceptors (Lipinski definition) is 3. The van der Waals surface area contributed by atoms with Crippen molar-refractivity contribution < 1.29 is 9.90 Å². The molecule has 18 heavy (non-hydrogen) atoms. The fourth-order valence-corrected chi connectivity index (χ4v) is 1.85. The Bertz CT molecular complexity index is 489. The van der Waals surface area contributed by atoms with Crippen molar-refractivity contribution in [3.05, 3.63) is 29.8 Å². The fourth-order valence-electron chi connectivity index (χ4n) is 1.85. The number of urea groups is 1. The van der Waals surface area contributed by atoms with Crippen LogP contribution in [0.4, 0.5) is 10.5 Å². The first-order valence-corrected chi connectivity index (χ1v) is 5.89. The normalized spacial score (nSPS) is 16.2. The van der Waals surface area contributed by atoms with Crippen molar-refractivity contribution in [1.82, 2.24) is 5.32 Å². The van der Waals surface area contributed by atoms with Gasteiger partial charge < -0.3 is 15.7 Å². The van der Waals surface area contributed by atoms with Gasteiger partial charge in [-0.2, -0.15) is 5.26 Å². The van der Waals surface area contributed by atoms with Gasteiger partial charge in [0.2, 0.25) is 0 Å². The highest BCUT2D eigenvalue weighted by molar-refractivity contribution is 5.89. The van der Waals surface area contributed by atoms with Gasteiger partial charge in [-0.05, 0) is 37.5 Å². The topological polar surface area (TPSA) is 85.2 Å². The Balaban J connectivity index is 1.85. The Morgan fingerprint density at radius 3 is 2.89 bits per heavy atom. The first-order chi connectivity index (χ1) is 8.61. The molecule has 1 saturated carbocycles. The number of amides is 2. The van der Waals surface area contributed by atoms with Gasteiger partial charge in [0.25, 0.3) is 0 Å². The molecule has 94 valence electrons. The Labute approximate surface area is 105 Å². The van der Waals surface area contributed by atoms with Crippen LogP contribution in [0.5, 0.6) is 0 Å². The molecule has 1 aliphatic carbocycles. The lowest BCUT2D eigenvalue weighted by molar-refractivity contribution is -0.0287. The lowest BCUT2D eigenvalue weighted by Crippen LogP contribution is -2.48. The van der Waals surface area contributed by atoms with Crippen molar-refractivity contribution in [2.75, 3.05) is 11.9 Å². The molecule has 3 N–H and O–H groups in total. The van der Waals surface area contributed by atoms with E-state index in [2.05, 4.69) is 10.6 Å². The van der Waals surface area contributed by atoms with Crippen molar-refractivity contribution in [1.29, 1.82) is 5.26 Å². The molecule has 0 atom stereocenters. The molecule has 0 radical (unpaired) electrons. The Morgan fingerprint density at radius 2 is 2.28 bits per heavy atom. The van der Waals surface area contributed by atoms with Gasteiger partial charge in [0, 0.05) is 12.2 Å². The number of hydrogen-bond donors (Lipinski definition) is 3. The van der Waals surface area contributed by atoms with E-state index in [0.717, 1.165) is 19.3 Å². The molecule has 0 aromatic heterocycles.